The van der Waals surface area contributed by atoms with Crippen molar-refractivity contribution in [2.75, 3.05) is 31.1 Å². The SMILES string of the molecule is Cc1cccc2sc(N3CCN(C(=O)c4ccc5ccccc5c4)CC3)nc12. The molecule has 0 atom stereocenters. The summed E-state index contributed by atoms with van der Waals surface area (Å²) in [4.78, 5) is 22.1. The second-order valence-corrected chi connectivity index (χ2v) is 8.27. The molecule has 0 N–H and O–H groups in total. The van der Waals surface area contributed by atoms with E-state index in [4.69, 9.17) is 4.98 Å². The van der Waals surface area contributed by atoms with Crippen molar-refractivity contribution < 1.29 is 4.79 Å². The fourth-order valence-electron chi connectivity index (χ4n) is 3.82. The van der Waals surface area contributed by atoms with Gasteiger partial charge in [-0.3, -0.25) is 4.79 Å². The third-order valence-electron chi connectivity index (χ3n) is 5.44. The Morgan fingerprint density at radius 2 is 1.71 bits per heavy atom. The van der Waals surface area contributed by atoms with Crippen LogP contribution < -0.4 is 4.90 Å². The van der Waals surface area contributed by atoms with E-state index >= 15 is 0 Å². The van der Waals surface area contributed by atoms with Gasteiger partial charge in [0.2, 0.25) is 0 Å². The Morgan fingerprint density at radius 3 is 2.50 bits per heavy atom. The van der Waals surface area contributed by atoms with Crippen molar-refractivity contribution in [1.29, 1.82) is 0 Å². The zero-order valence-electron chi connectivity index (χ0n) is 15.8. The molecule has 0 bridgehead atoms. The number of hydrogen-bond acceptors (Lipinski definition) is 4. The fraction of sp³-hybridized carbons (Fsp3) is 0.217. The molecule has 5 rings (SSSR count). The topological polar surface area (TPSA) is 36.4 Å². The summed E-state index contributed by atoms with van der Waals surface area (Å²) in [5, 5.41) is 3.33. The Balaban J connectivity index is 1.31. The Morgan fingerprint density at radius 1 is 0.929 bits per heavy atom. The summed E-state index contributed by atoms with van der Waals surface area (Å²) < 4.78 is 1.23. The lowest BCUT2D eigenvalue weighted by Gasteiger charge is -2.34. The van der Waals surface area contributed by atoms with E-state index in [1.165, 1.54) is 10.3 Å². The standard InChI is InChI=1S/C23H21N3OS/c1-16-5-4-8-20-21(16)24-23(28-20)26-13-11-25(12-14-26)22(27)19-10-9-17-6-2-3-7-18(17)15-19/h2-10,15H,11-14H2,1H3. The van der Waals surface area contributed by atoms with Gasteiger partial charge in [0.15, 0.2) is 5.13 Å². The van der Waals surface area contributed by atoms with Crippen LogP contribution in [0.1, 0.15) is 15.9 Å². The maximum Gasteiger partial charge on any atom is 0.253 e. The van der Waals surface area contributed by atoms with E-state index in [1.807, 2.05) is 35.2 Å². The molecule has 1 saturated heterocycles. The van der Waals surface area contributed by atoms with Crippen LogP contribution in [0.2, 0.25) is 0 Å². The highest BCUT2D eigenvalue weighted by Crippen LogP contribution is 2.31. The molecular formula is C23H21N3OS. The van der Waals surface area contributed by atoms with Crippen molar-refractivity contribution in [3.05, 3.63) is 71.8 Å². The molecule has 1 aromatic heterocycles. The molecule has 4 nitrogen and oxygen atoms in total. The zero-order valence-corrected chi connectivity index (χ0v) is 16.6. The minimum atomic E-state index is 0.116. The highest BCUT2D eigenvalue weighted by Gasteiger charge is 2.24. The van der Waals surface area contributed by atoms with Gasteiger partial charge in [-0.05, 0) is 41.5 Å². The van der Waals surface area contributed by atoms with Crippen LogP contribution in [0.5, 0.6) is 0 Å². The first-order valence-electron chi connectivity index (χ1n) is 9.58. The van der Waals surface area contributed by atoms with Crippen molar-refractivity contribution in [3.63, 3.8) is 0 Å². The van der Waals surface area contributed by atoms with E-state index in [-0.39, 0.29) is 5.91 Å². The number of amides is 1. The third kappa shape index (κ3) is 3.02. The van der Waals surface area contributed by atoms with E-state index in [0.29, 0.717) is 0 Å². The highest BCUT2D eigenvalue weighted by atomic mass is 32.1. The maximum atomic E-state index is 13.0. The van der Waals surface area contributed by atoms with Gasteiger partial charge < -0.3 is 9.80 Å². The summed E-state index contributed by atoms with van der Waals surface area (Å²) in [5.74, 6) is 0.116. The molecule has 28 heavy (non-hydrogen) atoms. The van der Waals surface area contributed by atoms with Gasteiger partial charge in [-0.15, -0.1) is 0 Å². The molecule has 3 aromatic carbocycles. The molecule has 2 heterocycles. The number of carbonyl (C=O) groups excluding carboxylic acids is 1. The summed E-state index contributed by atoms with van der Waals surface area (Å²) in [5.41, 5.74) is 3.07. The van der Waals surface area contributed by atoms with Gasteiger partial charge in [0, 0.05) is 31.7 Å². The molecule has 1 aliphatic rings. The largest absolute Gasteiger partial charge is 0.345 e. The maximum absolute atomic E-state index is 13.0. The number of nitrogens with zero attached hydrogens (tertiary/aromatic N) is 3. The molecule has 5 heteroatoms. The Labute approximate surface area is 168 Å². The molecule has 1 amide bonds. The van der Waals surface area contributed by atoms with E-state index in [1.54, 1.807) is 11.3 Å². The second kappa shape index (κ2) is 6.91. The lowest BCUT2D eigenvalue weighted by molar-refractivity contribution is 0.0747. The van der Waals surface area contributed by atoms with Crippen LogP contribution in [0.3, 0.4) is 0 Å². The molecule has 1 aliphatic heterocycles. The monoisotopic (exact) mass is 387 g/mol. The van der Waals surface area contributed by atoms with Crippen LogP contribution in [0.15, 0.2) is 60.7 Å². The molecule has 0 radical (unpaired) electrons. The average Bonchev–Trinajstić information content (AvgIpc) is 3.19. The van der Waals surface area contributed by atoms with Gasteiger partial charge in [-0.1, -0.05) is 53.8 Å². The van der Waals surface area contributed by atoms with Crippen molar-refractivity contribution in [1.82, 2.24) is 9.88 Å². The van der Waals surface area contributed by atoms with Crippen LogP contribution in [-0.4, -0.2) is 42.0 Å². The summed E-state index contributed by atoms with van der Waals surface area (Å²) >= 11 is 1.74. The highest BCUT2D eigenvalue weighted by molar-refractivity contribution is 7.22. The Bertz CT molecular complexity index is 1170. The third-order valence-corrected chi connectivity index (χ3v) is 6.52. The molecule has 0 saturated carbocycles. The summed E-state index contributed by atoms with van der Waals surface area (Å²) in [6.07, 6.45) is 0. The van der Waals surface area contributed by atoms with E-state index in [9.17, 15) is 4.79 Å². The quantitative estimate of drug-likeness (QED) is 0.499. The molecule has 0 aliphatic carbocycles. The first-order chi connectivity index (χ1) is 13.7. The number of piperazine rings is 1. The molecule has 4 aromatic rings. The van der Waals surface area contributed by atoms with Crippen molar-refractivity contribution >= 4 is 43.4 Å². The van der Waals surface area contributed by atoms with Crippen LogP contribution in [0.4, 0.5) is 5.13 Å². The van der Waals surface area contributed by atoms with Gasteiger partial charge in [0.25, 0.3) is 5.91 Å². The smallest absolute Gasteiger partial charge is 0.253 e. The van der Waals surface area contributed by atoms with Crippen LogP contribution in [0.25, 0.3) is 21.0 Å². The summed E-state index contributed by atoms with van der Waals surface area (Å²) in [6.45, 7) is 5.18. The number of hydrogen-bond donors (Lipinski definition) is 0. The number of aryl methyl sites for hydroxylation is 1. The predicted molar refractivity (Wildman–Crippen MR) is 116 cm³/mol. The molecule has 1 fully saturated rings. The van der Waals surface area contributed by atoms with Crippen LogP contribution >= 0.6 is 11.3 Å². The number of para-hydroxylation sites is 1. The molecule has 0 spiro atoms. The molecular weight excluding hydrogens is 366 g/mol. The number of benzene rings is 3. The predicted octanol–water partition coefficient (Wildman–Crippen LogP) is 4.72. The lowest BCUT2D eigenvalue weighted by Crippen LogP contribution is -2.48. The second-order valence-electron chi connectivity index (χ2n) is 7.26. The van der Waals surface area contributed by atoms with E-state index < -0.39 is 0 Å². The van der Waals surface area contributed by atoms with Crippen LogP contribution in [0, 0.1) is 6.92 Å². The number of fused-ring (bicyclic) bond motifs is 2. The number of anilines is 1. The van der Waals surface area contributed by atoms with E-state index in [0.717, 1.165) is 53.2 Å². The van der Waals surface area contributed by atoms with Gasteiger partial charge in [0.1, 0.15) is 0 Å². The number of thiazole rings is 1. The lowest BCUT2D eigenvalue weighted by atomic mass is 10.1. The van der Waals surface area contributed by atoms with E-state index in [2.05, 4.69) is 42.2 Å². The van der Waals surface area contributed by atoms with Gasteiger partial charge in [-0.25, -0.2) is 4.98 Å². The van der Waals surface area contributed by atoms with Gasteiger partial charge in [0.05, 0.1) is 10.2 Å². The summed E-state index contributed by atoms with van der Waals surface area (Å²) in [7, 11) is 0. The molecule has 140 valence electrons. The normalized spacial score (nSPS) is 14.8. The van der Waals surface area contributed by atoms with Gasteiger partial charge >= 0.3 is 0 Å². The Kier molecular flexibility index (Phi) is 4.24. The van der Waals surface area contributed by atoms with Crippen LogP contribution in [-0.2, 0) is 0 Å². The van der Waals surface area contributed by atoms with Crippen molar-refractivity contribution in [2.45, 2.75) is 6.92 Å². The summed E-state index contributed by atoms with van der Waals surface area (Å²) in [6, 6.07) is 20.4. The van der Waals surface area contributed by atoms with Crippen molar-refractivity contribution in [3.8, 4) is 0 Å². The number of aromatic nitrogens is 1. The zero-order chi connectivity index (χ0) is 19.1. The number of rotatable bonds is 2. The minimum Gasteiger partial charge on any atom is -0.345 e. The Hall–Kier alpha value is -2.92. The molecule has 0 unspecified atom stereocenters. The first kappa shape index (κ1) is 17.2. The first-order valence-corrected chi connectivity index (χ1v) is 10.4. The average molecular weight is 388 g/mol. The number of carbonyl (C=O) groups is 1. The van der Waals surface area contributed by atoms with Crippen molar-refractivity contribution in [2.24, 2.45) is 0 Å². The van der Waals surface area contributed by atoms with Gasteiger partial charge in [-0.2, -0.15) is 0 Å². The fourth-order valence-corrected chi connectivity index (χ4v) is 4.91. The minimum absolute atomic E-state index is 0.116.